The number of rotatable bonds is 7. The number of amides is 1. The molecule has 1 amide bonds. The van der Waals surface area contributed by atoms with Gasteiger partial charge in [-0.15, -0.1) is 0 Å². The smallest absolute Gasteiger partial charge is 0.348 e. The molecule has 1 unspecified atom stereocenters. The van der Waals surface area contributed by atoms with E-state index < -0.39 is 0 Å². The summed E-state index contributed by atoms with van der Waals surface area (Å²) in [6, 6.07) is 18.6. The number of hydrogen-bond donors (Lipinski definition) is 0. The molecule has 0 bridgehead atoms. The van der Waals surface area contributed by atoms with Crippen LogP contribution in [0.2, 0.25) is 5.02 Å². The minimum absolute atomic E-state index is 0.0326. The highest BCUT2D eigenvalue weighted by Gasteiger charge is 2.32. The second-order valence-electron chi connectivity index (χ2n) is 9.63. The van der Waals surface area contributed by atoms with Crippen LogP contribution in [0.5, 0.6) is 11.5 Å². The van der Waals surface area contributed by atoms with Crippen molar-refractivity contribution in [2.24, 2.45) is 4.99 Å². The first-order chi connectivity index (χ1) is 19.0. The van der Waals surface area contributed by atoms with Gasteiger partial charge in [0, 0.05) is 41.3 Å². The summed E-state index contributed by atoms with van der Waals surface area (Å²) in [5, 5.41) is 1.39. The molecule has 8 nitrogen and oxygen atoms in total. The first-order valence-electron chi connectivity index (χ1n) is 13.0. The fraction of sp³-hybridized carbons (Fsp3) is 0.267. The van der Waals surface area contributed by atoms with Crippen LogP contribution in [0.4, 0.5) is 5.69 Å². The molecule has 1 fully saturated rings. The van der Waals surface area contributed by atoms with Gasteiger partial charge in [0.1, 0.15) is 0 Å². The number of carbonyl (C=O) groups excluding carboxylic acids is 1. The zero-order valence-corrected chi connectivity index (χ0v) is 22.2. The van der Waals surface area contributed by atoms with Gasteiger partial charge in [-0.1, -0.05) is 41.9 Å². The van der Waals surface area contributed by atoms with E-state index in [1.807, 2.05) is 53.6 Å². The molecule has 2 aliphatic heterocycles. The predicted octanol–water partition coefficient (Wildman–Crippen LogP) is 5.52. The van der Waals surface area contributed by atoms with Gasteiger partial charge in [0.25, 0.3) is 5.91 Å². The summed E-state index contributed by atoms with van der Waals surface area (Å²) in [4.78, 5) is 37.0. The second kappa shape index (κ2) is 10.5. The predicted molar refractivity (Wildman–Crippen MR) is 152 cm³/mol. The zero-order chi connectivity index (χ0) is 26.9. The van der Waals surface area contributed by atoms with Crippen molar-refractivity contribution in [3.8, 4) is 22.8 Å². The van der Waals surface area contributed by atoms with Gasteiger partial charge in [0.05, 0.1) is 42.2 Å². The Morgan fingerprint density at radius 2 is 1.90 bits per heavy atom. The summed E-state index contributed by atoms with van der Waals surface area (Å²) in [6.45, 7) is 1.46. The number of methoxy groups -OCH3 is 1. The molecule has 3 aromatic carbocycles. The van der Waals surface area contributed by atoms with Crippen molar-refractivity contribution in [3.05, 3.63) is 81.7 Å². The Labute approximate surface area is 230 Å². The van der Waals surface area contributed by atoms with Crippen LogP contribution in [-0.2, 0) is 6.54 Å². The Morgan fingerprint density at radius 3 is 2.72 bits per heavy atom. The van der Waals surface area contributed by atoms with Crippen molar-refractivity contribution in [1.29, 1.82) is 0 Å². The van der Waals surface area contributed by atoms with Gasteiger partial charge in [-0.3, -0.25) is 14.4 Å². The quantitative estimate of drug-likeness (QED) is 0.287. The highest BCUT2D eigenvalue weighted by atomic mass is 35.5. The average Bonchev–Trinajstić information content (AvgIpc) is 3.39. The molecular weight excluding hydrogens is 516 g/mol. The average molecular weight is 543 g/mol. The number of aromatic nitrogens is 2. The van der Waals surface area contributed by atoms with E-state index in [4.69, 9.17) is 21.1 Å². The van der Waals surface area contributed by atoms with Gasteiger partial charge in [-0.05, 0) is 43.5 Å². The fourth-order valence-corrected chi connectivity index (χ4v) is 5.48. The summed E-state index contributed by atoms with van der Waals surface area (Å²) in [5.74, 6) is 0.943. The van der Waals surface area contributed by atoms with E-state index in [0.29, 0.717) is 53.0 Å². The van der Waals surface area contributed by atoms with Gasteiger partial charge < -0.3 is 14.4 Å². The third-order valence-corrected chi connectivity index (χ3v) is 7.47. The second-order valence-corrected chi connectivity index (χ2v) is 10.1. The molecule has 1 saturated heterocycles. The van der Waals surface area contributed by atoms with Crippen molar-refractivity contribution in [2.75, 3.05) is 20.3 Å². The monoisotopic (exact) mass is 542 g/mol. The van der Waals surface area contributed by atoms with Crippen LogP contribution >= 0.6 is 11.6 Å². The minimum Gasteiger partial charge on any atom is -0.493 e. The van der Waals surface area contributed by atoms with E-state index in [1.165, 1.54) is 0 Å². The molecule has 3 heterocycles. The normalized spacial score (nSPS) is 16.2. The number of hydrogen-bond acceptors (Lipinski definition) is 6. The number of ether oxygens (including phenoxy) is 2. The topological polar surface area (TPSA) is 86.0 Å². The summed E-state index contributed by atoms with van der Waals surface area (Å²) in [5.41, 5.74) is 2.98. The van der Waals surface area contributed by atoms with Crippen LogP contribution in [0.15, 0.2) is 70.5 Å². The summed E-state index contributed by atoms with van der Waals surface area (Å²) in [7, 11) is 1.55. The van der Waals surface area contributed by atoms with E-state index in [1.54, 1.807) is 29.9 Å². The van der Waals surface area contributed by atoms with Crippen LogP contribution in [0.3, 0.4) is 0 Å². The van der Waals surface area contributed by atoms with E-state index in [0.717, 1.165) is 35.9 Å². The lowest BCUT2D eigenvalue weighted by molar-refractivity contribution is 0.0774. The molecule has 9 heteroatoms. The lowest BCUT2D eigenvalue weighted by Gasteiger charge is -2.20. The lowest BCUT2D eigenvalue weighted by atomic mass is 10.1. The number of aliphatic imine (C=N–C) groups is 1. The molecule has 0 N–H and O–H groups in total. The first kappa shape index (κ1) is 25.1. The molecule has 6 rings (SSSR count). The number of carbonyl (C=O) groups is 1. The maximum absolute atomic E-state index is 13.1. The van der Waals surface area contributed by atoms with Crippen molar-refractivity contribution in [3.63, 3.8) is 0 Å². The van der Waals surface area contributed by atoms with Crippen molar-refractivity contribution >= 4 is 40.3 Å². The number of fused-ring (bicyclic) bond motifs is 3. The SMILES string of the molecule is COc1cc2c(cc1OCCCn1c(=O)nc(-c3ccccc3)c3cc(Cl)ccc31)N=CC1CCCN1C2=O. The molecule has 0 radical (unpaired) electrons. The third-order valence-electron chi connectivity index (χ3n) is 7.23. The molecule has 4 aromatic rings. The number of halogens is 1. The molecule has 2 aliphatic rings. The van der Waals surface area contributed by atoms with Gasteiger partial charge >= 0.3 is 5.69 Å². The standard InChI is InChI=1S/C30H27ClN4O4/c1-38-26-16-22-24(32-18-21-9-5-12-34(21)29(22)36)17-27(26)39-14-6-13-35-25-11-10-20(31)15-23(25)28(33-30(35)37)19-7-3-2-4-8-19/h2-4,7-8,10-11,15-18,21H,5-6,9,12-14H2,1H3. The molecule has 39 heavy (non-hydrogen) atoms. The van der Waals surface area contributed by atoms with Crippen LogP contribution in [0, 0.1) is 0 Å². The summed E-state index contributed by atoms with van der Waals surface area (Å²) >= 11 is 6.31. The third kappa shape index (κ3) is 4.76. The lowest BCUT2D eigenvalue weighted by Crippen LogP contribution is -2.35. The molecule has 198 valence electrons. The molecule has 1 atom stereocenters. The molecule has 0 aliphatic carbocycles. The van der Waals surface area contributed by atoms with Crippen LogP contribution < -0.4 is 15.2 Å². The Hall–Kier alpha value is -4.17. The number of benzene rings is 3. The van der Waals surface area contributed by atoms with Gasteiger partial charge in [0.2, 0.25) is 0 Å². The van der Waals surface area contributed by atoms with Gasteiger partial charge in [0.15, 0.2) is 11.5 Å². The van der Waals surface area contributed by atoms with Gasteiger partial charge in [-0.25, -0.2) is 4.79 Å². The highest BCUT2D eigenvalue weighted by Crippen LogP contribution is 2.38. The van der Waals surface area contributed by atoms with Crippen molar-refractivity contribution in [2.45, 2.75) is 31.8 Å². The van der Waals surface area contributed by atoms with Crippen LogP contribution in [0.1, 0.15) is 29.6 Å². The van der Waals surface area contributed by atoms with E-state index in [9.17, 15) is 9.59 Å². The summed E-state index contributed by atoms with van der Waals surface area (Å²) < 4.78 is 13.3. The van der Waals surface area contributed by atoms with Crippen molar-refractivity contribution in [1.82, 2.24) is 14.5 Å². The Bertz CT molecular complexity index is 1650. The van der Waals surface area contributed by atoms with E-state index in [2.05, 4.69) is 9.98 Å². The van der Waals surface area contributed by atoms with Crippen LogP contribution in [0.25, 0.3) is 22.2 Å². The highest BCUT2D eigenvalue weighted by molar-refractivity contribution is 6.31. The Kier molecular flexibility index (Phi) is 6.79. The number of nitrogens with zero attached hydrogens (tertiary/aromatic N) is 4. The molecule has 0 spiro atoms. The zero-order valence-electron chi connectivity index (χ0n) is 21.5. The molecule has 1 aromatic heterocycles. The maximum atomic E-state index is 13.1. The maximum Gasteiger partial charge on any atom is 0.348 e. The minimum atomic E-state index is -0.334. The summed E-state index contributed by atoms with van der Waals surface area (Å²) in [6.07, 6.45) is 4.29. The number of aryl methyl sites for hydroxylation is 1. The molecule has 0 saturated carbocycles. The van der Waals surface area contributed by atoms with Crippen molar-refractivity contribution < 1.29 is 14.3 Å². The van der Waals surface area contributed by atoms with E-state index in [-0.39, 0.29) is 17.6 Å². The van der Waals surface area contributed by atoms with Crippen LogP contribution in [-0.4, -0.2) is 52.9 Å². The Balaban J connectivity index is 1.23. The molecular formula is C30H27ClN4O4. The largest absolute Gasteiger partial charge is 0.493 e. The van der Waals surface area contributed by atoms with Gasteiger partial charge in [-0.2, -0.15) is 4.98 Å². The fourth-order valence-electron chi connectivity index (χ4n) is 5.31. The first-order valence-corrected chi connectivity index (χ1v) is 13.4. The van der Waals surface area contributed by atoms with E-state index >= 15 is 0 Å². The Morgan fingerprint density at radius 1 is 1.05 bits per heavy atom.